The van der Waals surface area contributed by atoms with E-state index in [0.717, 1.165) is 25.0 Å². The van der Waals surface area contributed by atoms with Crippen molar-refractivity contribution in [2.45, 2.75) is 59.5 Å². The maximum absolute atomic E-state index is 4.27. The van der Waals surface area contributed by atoms with Crippen molar-refractivity contribution in [3.8, 4) is 0 Å². The molecule has 0 fully saturated rings. The van der Waals surface area contributed by atoms with E-state index in [1.165, 1.54) is 12.8 Å². The highest BCUT2D eigenvalue weighted by molar-refractivity contribution is 14.0. The molecule has 0 aromatic carbocycles. The molecular formula is C15H35IN4. The Morgan fingerprint density at radius 2 is 1.70 bits per heavy atom. The first-order valence-corrected chi connectivity index (χ1v) is 7.54. The second kappa shape index (κ2) is 12.7. The molecule has 0 aliphatic rings. The van der Waals surface area contributed by atoms with Gasteiger partial charge in [-0.3, -0.25) is 4.99 Å². The molecule has 122 valence electrons. The van der Waals surface area contributed by atoms with Gasteiger partial charge < -0.3 is 15.5 Å². The summed E-state index contributed by atoms with van der Waals surface area (Å²) in [5.74, 6) is 1.67. The quantitative estimate of drug-likeness (QED) is 0.375. The van der Waals surface area contributed by atoms with Crippen LogP contribution in [0.15, 0.2) is 4.99 Å². The highest BCUT2D eigenvalue weighted by Crippen LogP contribution is 2.06. The Kier molecular flexibility index (Phi) is 14.1. The number of aliphatic imine (C=N–C) groups is 1. The number of hydrogen-bond acceptors (Lipinski definition) is 2. The van der Waals surface area contributed by atoms with Crippen molar-refractivity contribution in [2.75, 3.05) is 27.2 Å². The van der Waals surface area contributed by atoms with Crippen molar-refractivity contribution in [3.05, 3.63) is 0 Å². The van der Waals surface area contributed by atoms with Gasteiger partial charge in [0.15, 0.2) is 5.96 Å². The van der Waals surface area contributed by atoms with Crippen LogP contribution >= 0.6 is 24.0 Å². The molecule has 0 aromatic heterocycles. The summed E-state index contributed by atoms with van der Waals surface area (Å²) in [5.41, 5.74) is 0. The summed E-state index contributed by atoms with van der Waals surface area (Å²) in [6, 6.07) is 1.05. The van der Waals surface area contributed by atoms with Crippen LogP contribution in [0.5, 0.6) is 0 Å². The molecule has 0 aromatic rings. The fourth-order valence-electron chi connectivity index (χ4n) is 1.69. The van der Waals surface area contributed by atoms with E-state index in [1.54, 1.807) is 0 Å². The molecule has 1 unspecified atom stereocenters. The largest absolute Gasteiger partial charge is 0.355 e. The fourth-order valence-corrected chi connectivity index (χ4v) is 1.69. The minimum absolute atomic E-state index is 0. The first kappa shape index (κ1) is 22.2. The van der Waals surface area contributed by atoms with Gasteiger partial charge in [-0.05, 0) is 46.6 Å². The summed E-state index contributed by atoms with van der Waals surface area (Å²) in [6.07, 6.45) is 2.44. The monoisotopic (exact) mass is 398 g/mol. The Morgan fingerprint density at radius 1 is 1.10 bits per heavy atom. The molecule has 0 saturated heterocycles. The number of hydrogen-bond donors (Lipinski definition) is 2. The maximum Gasteiger partial charge on any atom is 0.191 e. The van der Waals surface area contributed by atoms with Crippen LogP contribution in [0.2, 0.25) is 0 Å². The summed E-state index contributed by atoms with van der Waals surface area (Å²) < 4.78 is 0. The Balaban J connectivity index is 0. The lowest BCUT2D eigenvalue weighted by atomic mass is 10.0. The number of nitrogens with one attached hydrogen (secondary N) is 2. The molecule has 0 spiro atoms. The summed E-state index contributed by atoms with van der Waals surface area (Å²) >= 11 is 0. The number of guanidine groups is 1. The molecule has 1 atom stereocenters. The van der Waals surface area contributed by atoms with Crippen molar-refractivity contribution >= 4 is 29.9 Å². The van der Waals surface area contributed by atoms with Crippen LogP contribution in [-0.4, -0.2) is 50.1 Å². The third-order valence-electron chi connectivity index (χ3n) is 3.42. The van der Waals surface area contributed by atoms with Gasteiger partial charge in [-0.2, -0.15) is 0 Å². The van der Waals surface area contributed by atoms with Crippen LogP contribution in [0.4, 0.5) is 0 Å². The number of halogens is 1. The molecule has 0 saturated carbocycles. The highest BCUT2D eigenvalue weighted by Gasteiger charge is 2.07. The second-order valence-corrected chi connectivity index (χ2v) is 6.09. The van der Waals surface area contributed by atoms with Gasteiger partial charge in [0.05, 0.1) is 0 Å². The van der Waals surface area contributed by atoms with E-state index < -0.39 is 0 Å². The zero-order chi connectivity index (χ0) is 14.8. The van der Waals surface area contributed by atoms with Crippen LogP contribution in [0.1, 0.15) is 47.5 Å². The van der Waals surface area contributed by atoms with E-state index in [4.69, 9.17) is 0 Å². The summed E-state index contributed by atoms with van der Waals surface area (Å²) in [5, 5.41) is 6.82. The first-order valence-electron chi connectivity index (χ1n) is 7.54. The van der Waals surface area contributed by atoms with Gasteiger partial charge in [-0.1, -0.05) is 13.8 Å². The first-order chi connectivity index (χ1) is 8.86. The normalized spacial score (nSPS) is 13.6. The number of likely N-dealkylation sites (N-methyl/N-ethyl adjacent to an activating group) is 1. The van der Waals surface area contributed by atoms with E-state index in [1.807, 2.05) is 7.05 Å². The van der Waals surface area contributed by atoms with Crippen molar-refractivity contribution in [1.29, 1.82) is 0 Å². The molecule has 2 N–H and O–H groups in total. The lowest BCUT2D eigenvalue weighted by Gasteiger charge is -2.23. The average Bonchev–Trinajstić information content (AvgIpc) is 2.34. The Hall–Kier alpha value is -0.0400. The molecule has 4 nitrogen and oxygen atoms in total. The predicted octanol–water partition coefficient (Wildman–Crippen LogP) is 2.93. The van der Waals surface area contributed by atoms with Crippen LogP contribution in [0.3, 0.4) is 0 Å². The SMILES string of the molecule is CN=C(NCCN(C)C(C)C)NC(C)CCC(C)C.I. The van der Waals surface area contributed by atoms with Crippen molar-refractivity contribution in [3.63, 3.8) is 0 Å². The minimum Gasteiger partial charge on any atom is -0.355 e. The number of rotatable bonds is 8. The standard InChI is InChI=1S/C15H34N4.HI/c1-12(2)8-9-14(5)18-15(16-6)17-10-11-19(7)13(3)4;/h12-14H,8-11H2,1-7H3,(H2,16,17,18);1H. The van der Waals surface area contributed by atoms with Gasteiger partial charge in [0.1, 0.15) is 0 Å². The van der Waals surface area contributed by atoms with E-state index in [2.05, 4.69) is 62.2 Å². The lowest BCUT2D eigenvalue weighted by molar-refractivity contribution is 0.278. The topological polar surface area (TPSA) is 39.7 Å². The van der Waals surface area contributed by atoms with Gasteiger partial charge in [-0.15, -0.1) is 24.0 Å². The van der Waals surface area contributed by atoms with Crippen molar-refractivity contribution in [1.82, 2.24) is 15.5 Å². The second-order valence-electron chi connectivity index (χ2n) is 6.09. The molecule has 0 radical (unpaired) electrons. The minimum atomic E-state index is 0. The van der Waals surface area contributed by atoms with E-state index in [9.17, 15) is 0 Å². The molecule has 20 heavy (non-hydrogen) atoms. The van der Waals surface area contributed by atoms with Crippen molar-refractivity contribution < 1.29 is 0 Å². The van der Waals surface area contributed by atoms with E-state index in [0.29, 0.717) is 12.1 Å². The molecule has 5 heteroatoms. The van der Waals surface area contributed by atoms with Gasteiger partial charge in [-0.25, -0.2) is 0 Å². The molecule has 0 amide bonds. The highest BCUT2D eigenvalue weighted by atomic mass is 127. The Morgan fingerprint density at radius 3 is 2.15 bits per heavy atom. The van der Waals surface area contributed by atoms with Crippen LogP contribution in [-0.2, 0) is 0 Å². The molecule has 0 heterocycles. The van der Waals surface area contributed by atoms with Gasteiger partial charge in [0.25, 0.3) is 0 Å². The van der Waals surface area contributed by atoms with Crippen molar-refractivity contribution in [2.24, 2.45) is 10.9 Å². The maximum atomic E-state index is 4.27. The molecule has 0 rings (SSSR count). The molecule has 0 aliphatic carbocycles. The van der Waals surface area contributed by atoms with E-state index in [-0.39, 0.29) is 24.0 Å². The van der Waals surface area contributed by atoms with Gasteiger partial charge in [0, 0.05) is 32.2 Å². The van der Waals surface area contributed by atoms with Gasteiger partial charge >= 0.3 is 0 Å². The zero-order valence-corrected chi connectivity index (χ0v) is 16.7. The molecule has 0 aliphatic heterocycles. The predicted molar refractivity (Wildman–Crippen MR) is 101 cm³/mol. The van der Waals surface area contributed by atoms with Crippen LogP contribution in [0, 0.1) is 5.92 Å². The summed E-state index contributed by atoms with van der Waals surface area (Å²) in [4.78, 5) is 6.59. The third-order valence-corrected chi connectivity index (χ3v) is 3.42. The lowest BCUT2D eigenvalue weighted by Crippen LogP contribution is -2.45. The zero-order valence-electron chi connectivity index (χ0n) is 14.4. The third kappa shape index (κ3) is 11.8. The van der Waals surface area contributed by atoms with Crippen LogP contribution < -0.4 is 10.6 Å². The summed E-state index contributed by atoms with van der Waals surface area (Å²) in [7, 11) is 3.98. The summed E-state index contributed by atoms with van der Waals surface area (Å²) in [6.45, 7) is 13.1. The fraction of sp³-hybridized carbons (Fsp3) is 0.933. The number of nitrogens with zero attached hydrogens (tertiary/aromatic N) is 2. The smallest absolute Gasteiger partial charge is 0.191 e. The van der Waals surface area contributed by atoms with Gasteiger partial charge in [0.2, 0.25) is 0 Å². The van der Waals surface area contributed by atoms with E-state index >= 15 is 0 Å². The Labute approximate surface area is 143 Å². The molecular weight excluding hydrogens is 363 g/mol. The average molecular weight is 398 g/mol. The van der Waals surface area contributed by atoms with Crippen LogP contribution in [0.25, 0.3) is 0 Å². The molecule has 0 bridgehead atoms. The Bertz CT molecular complexity index is 254.